The fourth-order valence-corrected chi connectivity index (χ4v) is 3.05. The molecule has 1 aromatic carbocycles. The Kier molecular flexibility index (Phi) is 6.36. The Bertz CT molecular complexity index is 412. The van der Waals surface area contributed by atoms with Crippen LogP contribution in [0.5, 0.6) is 5.75 Å². The van der Waals surface area contributed by atoms with Crippen molar-refractivity contribution in [2.75, 3.05) is 13.7 Å². The van der Waals surface area contributed by atoms with Crippen molar-refractivity contribution in [3.63, 3.8) is 0 Å². The van der Waals surface area contributed by atoms with Crippen LogP contribution in [0.1, 0.15) is 60.8 Å². The lowest BCUT2D eigenvalue weighted by Crippen LogP contribution is -2.09. The molecule has 1 rings (SSSR count). The van der Waals surface area contributed by atoms with E-state index in [4.69, 9.17) is 10.5 Å². The Hall–Kier alpha value is -1.02. The van der Waals surface area contributed by atoms with Crippen molar-refractivity contribution in [1.82, 2.24) is 0 Å². The first-order chi connectivity index (χ1) is 9.06. The van der Waals surface area contributed by atoms with Crippen LogP contribution in [0.25, 0.3) is 0 Å². The SMILES string of the molecule is CCCC(CCCN)c1c(C)cc(OC)c(C)c1C. The molecule has 0 radical (unpaired) electrons. The van der Waals surface area contributed by atoms with Crippen LogP contribution >= 0.6 is 0 Å². The maximum atomic E-state index is 5.68. The van der Waals surface area contributed by atoms with Gasteiger partial charge in [0.1, 0.15) is 5.75 Å². The molecule has 0 aromatic heterocycles. The number of rotatable bonds is 7. The summed E-state index contributed by atoms with van der Waals surface area (Å²) in [4.78, 5) is 0. The fraction of sp³-hybridized carbons (Fsp3) is 0.647. The third-order valence-corrected chi connectivity index (χ3v) is 4.13. The first kappa shape index (κ1) is 16.0. The summed E-state index contributed by atoms with van der Waals surface area (Å²) < 4.78 is 5.46. The van der Waals surface area contributed by atoms with Crippen molar-refractivity contribution in [2.45, 2.75) is 59.3 Å². The van der Waals surface area contributed by atoms with Crippen LogP contribution < -0.4 is 10.5 Å². The Morgan fingerprint density at radius 1 is 1.16 bits per heavy atom. The van der Waals surface area contributed by atoms with Gasteiger partial charge in [0.15, 0.2) is 0 Å². The van der Waals surface area contributed by atoms with Crippen LogP contribution in [0.4, 0.5) is 0 Å². The Morgan fingerprint density at radius 2 is 1.84 bits per heavy atom. The monoisotopic (exact) mass is 263 g/mol. The van der Waals surface area contributed by atoms with Crippen molar-refractivity contribution < 1.29 is 4.74 Å². The number of methoxy groups -OCH3 is 1. The van der Waals surface area contributed by atoms with Crippen LogP contribution in [-0.2, 0) is 0 Å². The maximum absolute atomic E-state index is 5.68. The minimum absolute atomic E-state index is 0.637. The third kappa shape index (κ3) is 3.73. The van der Waals surface area contributed by atoms with Gasteiger partial charge in [-0.2, -0.15) is 0 Å². The van der Waals surface area contributed by atoms with Crippen molar-refractivity contribution in [1.29, 1.82) is 0 Å². The summed E-state index contributed by atoms with van der Waals surface area (Å²) in [5, 5.41) is 0. The van der Waals surface area contributed by atoms with Gasteiger partial charge < -0.3 is 10.5 Å². The summed E-state index contributed by atoms with van der Waals surface area (Å²) in [6.45, 7) is 9.63. The molecule has 19 heavy (non-hydrogen) atoms. The van der Waals surface area contributed by atoms with Crippen molar-refractivity contribution in [2.24, 2.45) is 5.73 Å². The zero-order chi connectivity index (χ0) is 14.4. The van der Waals surface area contributed by atoms with Gasteiger partial charge in [0.2, 0.25) is 0 Å². The number of aryl methyl sites for hydroxylation is 1. The second kappa shape index (κ2) is 7.54. The van der Waals surface area contributed by atoms with Gasteiger partial charge in [0.25, 0.3) is 0 Å². The molecule has 0 aliphatic carbocycles. The van der Waals surface area contributed by atoms with Gasteiger partial charge in [-0.05, 0) is 80.8 Å². The van der Waals surface area contributed by atoms with Gasteiger partial charge in [-0.1, -0.05) is 13.3 Å². The van der Waals surface area contributed by atoms with Crippen molar-refractivity contribution >= 4 is 0 Å². The molecular weight excluding hydrogens is 234 g/mol. The molecule has 1 aromatic rings. The molecule has 0 aliphatic rings. The molecule has 0 saturated heterocycles. The van der Waals surface area contributed by atoms with Gasteiger partial charge in [-0.25, -0.2) is 0 Å². The first-order valence-electron chi connectivity index (χ1n) is 7.41. The zero-order valence-electron chi connectivity index (χ0n) is 13.2. The smallest absolute Gasteiger partial charge is 0.122 e. The molecule has 2 heteroatoms. The molecule has 0 fully saturated rings. The number of hydrogen-bond acceptors (Lipinski definition) is 2. The minimum atomic E-state index is 0.637. The molecule has 1 unspecified atom stereocenters. The van der Waals surface area contributed by atoms with E-state index in [1.165, 1.54) is 41.5 Å². The van der Waals surface area contributed by atoms with E-state index in [1.54, 1.807) is 7.11 Å². The number of nitrogens with two attached hydrogens (primary N) is 1. The second-order valence-electron chi connectivity index (χ2n) is 5.48. The summed E-state index contributed by atoms with van der Waals surface area (Å²) in [7, 11) is 1.75. The summed E-state index contributed by atoms with van der Waals surface area (Å²) >= 11 is 0. The summed E-state index contributed by atoms with van der Waals surface area (Å²) in [5.41, 5.74) is 11.2. The predicted octanol–water partition coefficient (Wildman–Crippen LogP) is 4.24. The largest absolute Gasteiger partial charge is 0.496 e. The van der Waals surface area contributed by atoms with Crippen molar-refractivity contribution in [3.8, 4) is 5.75 Å². The Morgan fingerprint density at radius 3 is 2.37 bits per heavy atom. The predicted molar refractivity (Wildman–Crippen MR) is 83.1 cm³/mol. The van der Waals surface area contributed by atoms with Crippen LogP contribution in [0, 0.1) is 20.8 Å². The average molecular weight is 263 g/mol. The molecule has 0 amide bonds. The van der Waals surface area contributed by atoms with Crippen LogP contribution in [0.15, 0.2) is 6.07 Å². The lowest BCUT2D eigenvalue weighted by molar-refractivity contribution is 0.410. The van der Waals surface area contributed by atoms with E-state index >= 15 is 0 Å². The lowest BCUT2D eigenvalue weighted by Gasteiger charge is -2.24. The lowest BCUT2D eigenvalue weighted by atomic mass is 9.83. The highest BCUT2D eigenvalue weighted by Crippen LogP contribution is 2.36. The van der Waals surface area contributed by atoms with E-state index in [1.807, 2.05) is 0 Å². The molecule has 0 bridgehead atoms. The topological polar surface area (TPSA) is 35.2 Å². The van der Waals surface area contributed by atoms with Crippen LogP contribution in [-0.4, -0.2) is 13.7 Å². The second-order valence-corrected chi connectivity index (χ2v) is 5.48. The van der Waals surface area contributed by atoms with E-state index in [0.29, 0.717) is 5.92 Å². The Labute approximate surface area is 118 Å². The highest BCUT2D eigenvalue weighted by molar-refractivity contribution is 5.49. The molecule has 0 spiro atoms. The highest BCUT2D eigenvalue weighted by atomic mass is 16.5. The van der Waals surface area contributed by atoms with Gasteiger partial charge in [0.05, 0.1) is 7.11 Å². The van der Waals surface area contributed by atoms with Crippen LogP contribution in [0.3, 0.4) is 0 Å². The zero-order valence-corrected chi connectivity index (χ0v) is 13.2. The Balaban J connectivity index is 3.18. The van der Waals surface area contributed by atoms with Gasteiger partial charge >= 0.3 is 0 Å². The van der Waals surface area contributed by atoms with E-state index in [0.717, 1.165) is 18.7 Å². The number of hydrogen-bond donors (Lipinski definition) is 1. The standard InChI is InChI=1S/C17H29NO/c1-6-8-15(9-7-10-18)17-12(2)11-16(19-5)13(3)14(17)4/h11,15H,6-10,18H2,1-5H3. The van der Waals surface area contributed by atoms with Crippen molar-refractivity contribution in [3.05, 3.63) is 28.3 Å². The quantitative estimate of drug-likeness (QED) is 0.798. The molecule has 0 aliphatic heterocycles. The summed E-state index contributed by atoms with van der Waals surface area (Å²) in [5.74, 6) is 1.64. The minimum Gasteiger partial charge on any atom is -0.496 e. The molecular formula is C17H29NO. The maximum Gasteiger partial charge on any atom is 0.122 e. The molecule has 0 saturated carbocycles. The third-order valence-electron chi connectivity index (χ3n) is 4.13. The molecule has 108 valence electrons. The average Bonchev–Trinajstić information content (AvgIpc) is 2.40. The highest BCUT2D eigenvalue weighted by Gasteiger charge is 2.18. The van der Waals surface area contributed by atoms with Gasteiger partial charge in [0, 0.05) is 0 Å². The van der Waals surface area contributed by atoms with Gasteiger partial charge in [-0.15, -0.1) is 0 Å². The van der Waals surface area contributed by atoms with E-state index in [9.17, 15) is 0 Å². The first-order valence-corrected chi connectivity index (χ1v) is 7.41. The summed E-state index contributed by atoms with van der Waals surface area (Å²) in [6, 6.07) is 2.18. The van der Waals surface area contributed by atoms with Gasteiger partial charge in [-0.3, -0.25) is 0 Å². The molecule has 0 heterocycles. The fourth-order valence-electron chi connectivity index (χ4n) is 3.05. The van der Waals surface area contributed by atoms with E-state index in [-0.39, 0.29) is 0 Å². The summed E-state index contributed by atoms with van der Waals surface area (Å²) in [6.07, 6.45) is 4.76. The van der Waals surface area contributed by atoms with E-state index < -0.39 is 0 Å². The number of benzene rings is 1. The molecule has 2 N–H and O–H groups in total. The van der Waals surface area contributed by atoms with Crippen LogP contribution in [0.2, 0.25) is 0 Å². The normalized spacial score (nSPS) is 12.5. The van der Waals surface area contributed by atoms with E-state index in [2.05, 4.69) is 33.8 Å². The number of ether oxygens (including phenoxy) is 1. The molecule has 2 nitrogen and oxygen atoms in total. The molecule has 1 atom stereocenters.